The van der Waals surface area contributed by atoms with Crippen molar-refractivity contribution in [2.24, 2.45) is 4.99 Å². The fourth-order valence-electron chi connectivity index (χ4n) is 4.45. The molecule has 0 radical (unpaired) electrons. The highest BCUT2D eigenvalue weighted by molar-refractivity contribution is 6.15. The predicted molar refractivity (Wildman–Crippen MR) is 114 cm³/mol. The smallest absolute Gasteiger partial charge is 0.334 e. The lowest BCUT2D eigenvalue weighted by Gasteiger charge is -2.30. The molecule has 1 amide bonds. The summed E-state index contributed by atoms with van der Waals surface area (Å²) in [4.78, 5) is 23.2. The van der Waals surface area contributed by atoms with E-state index in [9.17, 15) is 18.0 Å². The average molecular weight is 435 g/mol. The fourth-order valence-corrected chi connectivity index (χ4v) is 4.45. The maximum atomic E-state index is 13.4. The molecular weight excluding hydrogens is 415 g/mol. The van der Waals surface area contributed by atoms with Gasteiger partial charge in [0.2, 0.25) is 5.91 Å². The van der Waals surface area contributed by atoms with Crippen LogP contribution in [0.1, 0.15) is 44.6 Å². The summed E-state index contributed by atoms with van der Waals surface area (Å²) in [6.45, 7) is 2.68. The van der Waals surface area contributed by atoms with Crippen molar-refractivity contribution in [3.05, 3.63) is 99.4 Å². The molecule has 2 aliphatic rings. The summed E-state index contributed by atoms with van der Waals surface area (Å²) in [5.74, 6) is -0.168. The van der Waals surface area contributed by atoms with Gasteiger partial charge < -0.3 is 4.90 Å². The summed E-state index contributed by atoms with van der Waals surface area (Å²) >= 11 is 0. The topological polar surface area (TPSA) is 45.6 Å². The van der Waals surface area contributed by atoms with Crippen LogP contribution in [0.5, 0.6) is 0 Å². The van der Waals surface area contributed by atoms with E-state index in [4.69, 9.17) is 4.99 Å². The largest absolute Gasteiger partial charge is 0.416 e. The maximum absolute atomic E-state index is 13.4. The van der Waals surface area contributed by atoms with Crippen LogP contribution < -0.4 is 0 Å². The first-order valence-electron chi connectivity index (χ1n) is 10.3. The van der Waals surface area contributed by atoms with Crippen molar-refractivity contribution in [1.82, 2.24) is 9.88 Å². The van der Waals surface area contributed by atoms with E-state index in [1.54, 1.807) is 12.3 Å². The molecule has 5 rings (SSSR count). The molecule has 3 heterocycles. The first-order chi connectivity index (χ1) is 15.3. The van der Waals surface area contributed by atoms with Gasteiger partial charge in [-0.25, -0.2) is 0 Å². The zero-order valence-corrected chi connectivity index (χ0v) is 17.4. The molecular formula is C25H20F3N3O. The van der Waals surface area contributed by atoms with E-state index >= 15 is 0 Å². The van der Waals surface area contributed by atoms with Crippen molar-refractivity contribution < 1.29 is 18.0 Å². The maximum Gasteiger partial charge on any atom is 0.416 e. The highest BCUT2D eigenvalue weighted by Crippen LogP contribution is 2.34. The third kappa shape index (κ3) is 3.68. The minimum atomic E-state index is -4.46. The van der Waals surface area contributed by atoms with Crippen LogP contribution in [0.2, 0.25) is 0 Å². The minimum Gasteiger partial charge on any atom is -0.334 e. The zero-order valence-electron chi connectivity index (χ0n) is 17.4. The van der Waals surface area contributed by atoms with E-state index in [-0.39, 0.29) is 31.0 Å². The van der Waals surface area contributed by atoms with E-state index in [2.05, 4.69) is 4.98 Å². The number of benzene rings is 2. The van der Waals surface area contributed by atoms with Gasteiger partial charge in [0.25, 0.3) is 0 Å². The number of halogens is 3. The van der Waals surface area contributed by atoms with Crippen LogP contribution in [-0.2, 0) is 37.0 Å². The van der Waals surface area contributed by atoms with Crippen molar-refractivity contribution in [1.29, 1.82) is 0 Å². The summed E-state index contributed by atoms with van der Waals surface area (Å²) < 4.78 is 40.2. The van der Waals surface area contributed by atoms with Crippen LogP contribution in [0.15, 0.2) is 59.7 Å². The second-order valence-electron chi connectivity index (χ2n) is 8.21. The van der Waals surface area contributed by atoms with Crippen molar-refractivity contribution in [3.63, 3.8) is 0 Å². The van der Waals surface area contributed by atoms with Gasteiger partial charge in [-0.05, 0) is 53.4 Å². The number of aromatic nitrogens is 1. The van der Waals surface area contributed by atoms with Crippen molar-refractivity contribution in [3.8, 4) is 0 Å². The number of fused-ring (bicyclic) bond motifs is 2. The lowest BCUT2D eigenvalue weighted by Crippen LogP contribution is -2.36. The number of rotatable bonds is 3. The van der Waals surface area contributed by atoms with Crippen molar-refractivity contribution >= 4 is 11.6 Å². The Hall–Kier alpha value is -3.48. The summed E-state index contributed by atoms with van der Waals surface area (Å²) in [5.41, 5.74) is 6.14. The van der Waals surface area contributed by atoms with Gasteiger partial charge in [-0.3, -0.25) is 14.8 Å². The minimum absolute atomic E-state index is 0.0739. The second-order valence-corrected chi connectivity index (χ2v) is 8.21. The molecule has 2 aromatic carbocycles. The first-order valence-corrected chi connectivity index (χ1v) is 10.3. The van der Waals surface area contributed by atoms with Gasteiger partial charge in [0.05, 0.1) is 24.2 Å². The molecule has 32 heavy (non-hydrogen) atoms. The van der Waals surface area contributed by atoms with Gasteiger partial charge in [0.1, 0.15) is 0 Å². The Morgan fingerprint density at radius 2 is 1.84 bits per heavy atom. The van der Waals surface area contributed by atoms with Gasteiger partial charge in [-0.1, -0.05) is 24.3 Å². The molecule has 0 atom stereocenters. The standard InChI is InChI=1S/C25H20F3N3O/c1-15-8-16(6-7-29-15)24-21-10-20-14-31(23(32)11-18(20)9-19(21)12-30-24)13-17-4-2-3-5-22(17)25(26,27)28/h2-10H,11-14H2,1H3. The molecule has 0 N–H and O–H groups in total. The molecule has 0 fully saturated rings. The Kier molecular flexibility index (Phi) is 4.84. The van der Waals surface area contributed by atoms with Gasteiger partial charge in [-0.15, -0.1) is 0 Å². The molecule has 0 bridgehead atoms. The molecule has 0 saturated carbocycles. The molecule has 162 valence electrons. The van der Waals surface area contributed by atoms with E-state index in [0.29, 0.717) is 6.54 Å². The zero-order chi connectivity index (χ0) is 22.5. The number of hydrogen-bond acceptors (Lipinski definition) is 3. The average Bonchev–Trinajstić information content (AvgIpc) is 3.15. The molecule has 7 heteroatoms. The number of alkyl halides is 3. The Morgan fingerprint density at radius 3 is 2.62 bits per heavy atom. The summed E-state index contributed by atoms with van der Waals surface area (Å²) in [5, 5.41) is 0. The predicted octanol–water partition coefficient (Wildman–Crippen LogP) is 4.84. The number of pyridine rings is 1. The lowest BCUT2D eigenvalue weighted by atomic mass is 9.91. The van der Waals surface area contributed by atoms with Crippen LogP contribution in [-0.4, -0.2) is 21.5 Å². The molecule has 0 aliphatic carbocycles. The number of hydrogen-bond donors (Lipinski definition) is 0. The van der Waals surface area contributed by atoms with Crippen LogP contribution in [0.4, 0.5) is 13.2 Å². The number of aliphatic imine (C=N–C) groups is 1. The van der Waals surface area contributed by atoms with Crippen molar-refractivity contribution in [2.75, 3.05) is 0 Å². The SMILES string of the molecule is Cc1cc(C2=NCc3cc4c(cc32)CN(Cc2ccccc2C(F)(F)F)C(=O)C4)ccn1. The van der Waals surface area contributed by atoms with Crippen LogP contribution in [0.25, 0.3) is 0 Å². The number of nitrogens with zero attached hydrogens (tertiary/aromatic N) is 3. The highest BCUT2D eigenvalue weighted by Gasteiger charge is 2.34. The van der Waals surface area contributed by atoms with Gasteiger partial charge in [-0.2, -0.15) is 13.2 Å². The summed E-state index contributed by atoms with van der Waals surface area (Å²) in [7, 11) is 0. The van der Waals surface area contributed by atoms with Crippen LogP contribution in [0.3, 0.4) is 0 Å². The van der Waals surface area contributed by atoms with Gasteiger partial charge >= 0.3 is 6.18 Å². The second kappa shape index (κ2) is 7.58. The molecule has 1 aromatic heterocycles. The van der Waals surface area contributed by atoms with Crippen LogP contribution >= 0.6 is 0 Å². The molecule has 4 nitrogen and oxygen atoms in total. The summed E-state index contributed by atoms with van der Waals surface area (Å²) in [6, 6.07) is 13.4. The molecule has 3 aromatic rings. The molecule has 0 unspecified atom stereocenters. The fraction of sp³-hybridized carbons (Fsp3) is 0.240. The van der Waals surface area contributed by atoms with E-state index in [1.165, 1.54) is 17.0 Å². The third-order valence-electron chi connectivity index (χ3n) is 6.00. The first kappa shape index (κ1) is 20.4. The van der Waals surface area contributed by atoms with Gasteiger partial charge in [0, 0.05) is 36.1 Å². The van der Waals surface area contributed by atoms with E-state index in [0.717, 1.165) is 45.3 Å². The normalized spacial score (nSPS) is 15.4. The van der Waals surface area contributed by atoms with Crippen LogP contribution in [0, 0.1) is 6.92 Å². The Morgan fingerprint density at radius 1 is 1.03 bits per heavy atom. The molecule has 2 aliphatic heterocycles. The Labute approximate surface area is 183 Å². The highest BCUT2D eigenvalue weighted by atomic mass is 19.4. The monoisotopic (exact) mass is 435 g/mol. The number of carbonyl (C=O) groups is 1. The van der Waals surface area contributed by atoms with E-state index < -0.39 is 11.7 Å². The Bertz CT molecular complexity index is 1260. The quantitative estimate of drug-likeness (QED) is 0.591. The van der Waals surface area contributed by atoms with Crippen molar-refractivity contribution in [2.45, 2.75) is 39.2 Å². The summed E-state index contributed by atoms with van der Waals surface area (Å²) in [6.07, 6.45) is -2.52. The van der Waals surface area contributed by atoms with E-state index in [1.807, 2.05) is 31.2 Å². The number of aryl methyl sites for hydroxylation is 1. The van der Waals surface area contributed by atoms with Gasteiger partial charge in [0.15, 0.2) is 0 Å². The molecule has 0 saturated heterocycles. The third-order valence-corrected chi connectivity index (χ3v) is 6.00. The lowest BCUT2D eigenvalue weighted by molar-refractivity contribution is -0.140. The number of carbonyl (C=O) groups excluding carboxylic acids is 1. The molecule has 0 spiro atoms. The Balaban J connectivity index is 1.46. The number of amides is 1.